The van der Waals surface area contributed by atoms with Crippen molar-refractivity contribution >= 4 is 23.2 Å². The molecule has 25 heavy (non-hydrogen) atoms. The minimum absolute atomic E-state index is 0.0603. The Morgan fingerprint density at radius 2 is 2.08 bits per heavy atom. The van der Waals surface area contributed by atoms with Crippen LogP contribution in [0.5, 0.6) is 11.5 Å². The Kier molecular flexibility index (Phi) is 6.00. The molecule has 2 aromatic rings. The van der Waals surface area contributed by atoms with Gasteiger partial charge < -0.3 is 25.6 Å². The summed E-state index contributed by atoms with van der Waals surface area (Å²) in [5.74, 6) is -0.364. The molecule has 0 spiro atoms. The van der Waals surface area contributed by atoms with Crippen LogP contribution in [0.1, 0.15) is 22.8 Å². The molecular weight excluding hydrogens is 344 g/mol. The number of primary amides is 1. The van der Waals surface area contributed by atoms with Crippen molar-refractivity contribution in [2.24, 2.45) is 5.73 Å². The van der Waals surface area contributed by atoms with Crippen molar-refractivity contribution in [2.45, 2.75) is 12.5 Å². The third kappa shape index (κ3) is 4.94. The molecule has 0 saturated heterocycles. The van der Waals surface area contributed by atoms with E-state index in [9.17, 15) is 14.7 Å². The quantitative estimate of drug-likeness (QED) is 0.653. The molecule has 8 heteroatoms. The van der Waals surface area contributed by atoms with E-state index in [1.165, 1.54) is 36.6 Å². The van der Waals surface area contributed by atoms with E-state index in [4.69, 9.17) is 15.2 Å². The molecule has 1 atom stereocenters. The van der Waals surface area contributed by atoms with Gasteiger partial charge in [-0.1, -0.05) is 0 Å². The molecule has 1 aromatic heterocycles. The zero-order chi connectivity index (χ0) is 18.4. The number of ether oxygens (including phenoxy) is 2. The molecule has 0 bridgehead atoms. The molecule has 4 N–H and O–H groups in total. The van der Waals surface area contributed by atoms with Crippen molar-refractivity contribution in [1.29, 1.82) is 0 Å². The fraction of sp³-hybridized carbons (Fsp3) is 0.294. The number of rotatable bonds is 8. The summed E-state index contributed by atoms with van der Waals surface area (Å²) in [5, 5.41) is 16.8. The zero-order valence-electron chi connectivity index (χ0n) is 13.9. The average Bonchev–Trinajstić information content (AvgIpc) is 3.13. The molecule has 0 aliphatic rings. The molecule has 0 aliphatic carbocycles. The molecule has 0 fully saturated rings. The Hall–Kier alpha value is -2.58. The van der Waals surface area contributed by atoms with Gasteiger partial charge in [-0.15, -0.1) is 0 Å². The summed E-state index contributed by atoms with van der Waals surface area (Å²) in [6, 6.07) is 6.36. The molecule has 1 aromatic carbocycles. The van der Waals surface area contributed by atoms with Crippen molar-refractivity contribution in [3.05, 3.63) is 46.2 Å². The van der Waals surface area contributed by atoms with Crippen LogP contribution in [-0.4, -0.2) is 37.2 Å². The van der Waals surface area contributed by atoms with E-state index in [1.807, 2.05) is 16.8 Å². The number of nitrogens with two attached hydrogens (primary N) is 1. The lowest BCUT2D eigenvalue weighted by atomic mass is 9.99. The number of carbonyl (C=O) groups excluding carboxylic acids is 2. The summed E-state index contributed by atoms with van der Waals surface area (Å²) in [4.78, 5) is 23.1. The highest BCUT2D eigenvalue weighted by molar-refractivity contribution is 7.08. The first kappa shape index (κ1) is 18.8. The van der Waals surface area contributed by atoms with Crippen LogP contribution in [0.15, 0.2) is 35.0 Å². The van der Waals surface area contributed by atoms with Crippen LogP contribution in [0, 0.1) is 0 Å². The molecular formula is C17H20N2O5S. The van der Waals surface area contributed by atoms with E-state index >= 15 is 0 Å². The zero-order valence-corrected chi connectivity index (χ0v) is 14.8. The van der Waals surface area contributed by atoms with Gasteiger partial charge in [0.05, 0.1) is 13.7 Å². The second-order valence-corrected chi connectivity index (χ2v) is 6.37. The van der Waals surface area contributed by atoms with E-state index in [2.05, 4.69) is 5.32 Å². The smallest absolute Gasteiger partial charge is 0.255 e. The number of hydrogen-bond acceptors (Lipinski definition) is 6. The van der Waals surface area contributed by atoms with Crippen LogP contribution in [0.25, 0.3) is 0 Å². The summed E-state index contributed by atoms with van der Waals surface area (Å²) in [5.41, 5.74) is 4.95. The van der Waals surface area contributed by atoms with Crippen LogP contribution in [0.3, 0.4) is 0 Å². The standard InChI is InChI=1S/C17H20N2O5S/c1-17(22,12-5-6-25-9-12)10-19-16(21)11-3-4-13(14(7-11)23-2)24-8-15(18)20/h3-7,9,22H,8,10H2,1-2H3,(H2,18,20)(H,19,21). The van der Waals surface area contributed by atoms with Crippen LogP contribution in [0.4, 0.5) is 0 Å². The van der Waals surface area contributed by atoms with Crippen LogP contribution in [-0.2, 0) is 10.4 Å². The summed E-state index contributed by atoms with van der Waals surface area (Å²) in [7, 11) is 1.43. The van der Waals surface area contributed by atoms with Gasteiger partial charge >= 0.3 is 0 Å². The van der Waals surface area contributed by atoms with Gasteiger partial charge in [0, 0.05) is 5.56 Å². The highest BCUT2D eigenvalue weighted by Gasteiger charge is 2.24. The fourth-order valence-electron chi connectivity index (χ4n) is 2.10. The fourth-order valence-corrected chi connectivity index (χ4v) is 2.89. The normalized spacial score (nSPS) is 12.9. The monoisotopic (exact) mass is 364 g/mol. The molecule has 7 nitrogen and oxygen atoms in total. The molecule has 1 unspecified atom stereocenters. The Morgan fingerprint density at radius 1 is 1.32 bits per heavy atom. The van der Waals surface area contributed by atoms with Gasteiger partial charge in [-0.05, 0) is 47.5 Å². The average molecular weight is 364 g/mol. The third-order valence-corrected chi connectivity index (χ3v) is 4.22. The number of thiophene rings is 1. The first-order chi connectivity index (χ1) is 11.8. The van der Waals surface area contributed by atoms with Crippen molar-refractivity contribution < 1.29 is 24.2 Å². The number of carbonyl (C=O) groups is 2. The summed E-state index contributed by atoms with van der Waals surface area (Å²) in [6.45, 7) is 1.41. The largest absolute Gasteiger partial charge is 0.493 e. The van der Waals surface area contributed by atoms with Crippen molar-refractivity contribution in [3.8, 4) is 11.5 Å². The Morgan fingerprint density at radius 3 is 2.68 bits per heavy atom. The maximum atomic E-state index is 12.3. The summed E-state index contributed by atoms with van der Waals surface area (Å²) in [6.07, 6.45) is 0. The predicted octanol–water partition coefficient (Wildman–Crippen LogP) is 1.26. The predicted molar refractivity (Wildman–Crippen MR) is 93.9 cm³/mol. The first-order valence-electron chi connectivity index (χ1n) is 7.46. The number of hydrogen-bond donors (Lipinski definition) is 3. The van der Waals surface area contributed by atoms with E-state index in [1.54, 1.807) is 6.92 Å². The minimum atomic E-state index is -1.16. The lowest BCUT2D eigenvalue weighted by molar-refractivity contribution is -0.119. The summed E-state index contributed by atoms with van der Waals surface area (Å²) < 4.78 is 10.4. The molecule has 0 radical (unpaired) electrons. The lowest BCUT2D eigenvalue weighted by Crippen LogP contribution is -2.38. The van der Waals surface area contributed by atoms with Gasteiger partial charge in [-0.3, -0.25) is 9.59 Å². The second kappa shape index (κ2) is 8.00. The van der Waals surface area contributed by atoms with Crippen LogP contribution < -0.4 is 20.5 Å². The van der Waals surface area contributed by atoms with Crippen molar-refractivity contribution in [3.63, 3.8) is 0 Å². The van der Waals surface area contributed by atoms with Crippen molar-refractivity contribution in [2.75, 3.05) is 20.3 Å². The maximum absolute atomic E-state index is 12.3. The highest BCUT2D eigenvalue weighted by atomic mass is 32.1. The number of methoxy groups -OCH3 is 1. The number of nitrogens with one attached hydrogen (secondary N) is 1. The molecule has 0 aliphatic heterocycles. The third-order valence-electron chi connectivity index (χ3n) is 3.53. The molecule has 1 heterocycles. The highest BCUT2D eigenvalue weighted by Crippen LogP contribution is 2.28. The molecule has 134 valence electrons. The minimum Gasteiger partial charge on any atom is -0.493 e. The molecule has 0 saturated carbocycles. The number of benzene rings is 1. The molecule has 2 amide bonds. The summed E-state index contributed by atoms with van der Waals surface area (Å²) >= 11 is 1.47. The van der Waals surface area contributed by atoms with E-state index in [-0.39, 0.29) is 19.1 Å². The Labute approximate surface area is 149 Å². The van der Waals surface area contributed by atoms with Crippen LogP contribution in [0.2, 0.25) is 0 Å². The Bertz CT molecular complexity index is 744. The van der Waals surface area contributed by atoms with Gasteiger partial charge in [0.2, 0.25) is 0 Å². The number of aliphatic hydroxyl groups is 1. The second-order valence-electron chi connectivity index (χ2n) is 5.59. The maximum Gasteiger partial charge on any atom is 0.255 e. The van der Waals surface area contributed by atoms with Gasteiger partial charge in [0.1, 0.15) is 5.60 Å². The SMILES string of the molecule is COc1cc(C(=O)NCC(C)(O)c2ccsc2)ccc1OCC(N)=O. The Balaban J connectivity index is 2.05. The first-order valence-corrected chi connectivity index (χ1v) is 8.40. The lowest BCUT2D eigenvalue weighted by Gasteiger charge is -2.23. The number of amides is 2. The van der Waals surface area contributed by atoms with Gasteiger partial charge in [-0.2, -0.15) is 11.3 Å². The van der Waals surface area contributed by atoms with E-state index in [0.717, 1.165) is 5.56 Å². The molecule has 2 rings (SSSR count). The topological polar surface area (TPSA) is 111 Å². The van der Waals surface area contributed by atoms with E-state index in [0.29, 0.717) is 17.1 Å². The van der Waals surface area contributed by atoms with Gasteiger partial charge in [-0.25, -0.2) is 0 Å². The van der Waals surface area contributed by atoms with Gasteiger partial charge in [0.15, 0.2) is 18.1 Å². The van der Waals surface area contributed by atoms with Crippen molar-refractivity contribution in [1.82, 2.24) is 5.32 Å². The van der Waals surface area contributed by atoms with Crippen LogP contribution >= 0.6 is 11.3 Å². The van der Waals surface area contributed by atoms with Gasteiger partial charge in [0.25, 0.3) is 11.8 Å². The van der Waals surface area contributed by atoms with E-state index < -0.39 is 11.5 Å².